The van der Waals surface area contributed by atoms with E-state index in [-0.39, 0.29) is 0 Å². The van der Waals surface area contributed by atoms with Gasteiger partial charge in [0.2, 0.25) is 0 Å². The molecule has 21 heavy (non-hydrogen) atoms. The molecule has 1 aromatic heterocycles. The fraction of sp³-hybridized carbons (Fsp3) is 0.812. The molecule has 0 saturated carbocycles. The van der Waals surface area contributed by atoms with E-state index in [4.69, 9.17) is 0 Å². The highest BCUT2D eigenvalue weighted by Crippen LogP contribution is 2.26. The minimum absolute atomic E-state index is 0.664. The Bertz CT molecular complexity index is 444. The van der Waals surface area contributed by atoms with Crippen molar-refractivity contribution in [3.8, 4) is 0 Å². The predicted octanol–water partition coefficient (Wildman–Crippen LogP) is 3.10. The smallest absolute Gasteiger partial charge is 0.0767 e. The normalized spacial score (nSPS) is 20.1. The Labute approximate surface area is 137 Å². The van der Waals surface area contributed by atoms with Gasteiger partial charge in [-0.15, -0.1) is 0 Å². The van der Waals surface area contributed by atoms with Gasteiger partial charge in [-0.2, -0.15) is 5.10 Å². The van der Waals surface area contributed by atoms with Crippen molar-refractivity contribution in [2.24, 2.45) is 7.05 Å². The molecular formula is C16H29BrN4. The van der Waals surface area contributed by atoms with Crippen LogP contribution >= 0.6 is 15.9 Å². The van der Waals surface area contributed by atoms with Gasteiger partial charge in [0.15, 0.2) is 0 Å². The van der Waals surface area contributed by atoms with E-state index >= 15 is 0 Å². The molecule has 1 aliphatic rings. The Hall–Kier alpha value is -0.390. The maximum absolute atomic E-state index is 4.62. The molecule has 1 unspecified atom stereocenters. The molecule has 0 bridgehead atoms. The molecule has 2 heterocycles. The summed E-state index contributed by atoms with van der Waals surface area (Å²) in [6, 6.07) is 0.664. The summed E-state index contributed by atoms with van der Waals surface area (Å²) >= 11 is 3.75. The molecule has 2 rings (SSSR count). The van der Waals surface area contributed by atoms with E-state index < -0.39 is 0 Å². The van der Waals surface area contributed by atoms with E-state index in [1.807, 2.05) is 4.68 Å². The molecule has 120 valence electrons. The van der Waals surface area contributed by atoms with Gasteiger partial charge < -0.3 is 5.32 Å². The van der Waals surface area contributed by atoms with Gasteiger partial charge in [0, 0.05) is 26.2 Å². The Morgan fingerprint density at radius 1 is 1.33 bits per heavy atom. The average molecular weight is 357 g/mol. The number of rotatable bonds is 7. The summed E-state index contributed by atoms with van der Waals surface area (Å²) in [5.74, 6) is 0. The first-order chi connectivity index (χ1) is 10.2. The van der Waals surface area contributed by atoms with Gasteiger partial charge in [0.1, 0.15) is 0 Å². The lowest BCUT2D eigenvalue weighted by Crippen LogP contribution is -2.45. The molecule has 1 N–H and O–H groups in total. The number of aromatic nitrogens is 2. The zero-order chi connectivity index (χ0) is 15.2. The molecule has 1 aromatic rings. The van der Waals surface area contributed by atoms with Crippen LogP contribution in [0, 0.1) is 0 Å². The average Bonchev–Trinajstić information content (AvgIpc) is 2.76. The summed E-state index contributed by atoms with van der Waals surface area (Å²) in [6.45, 7) is 8.84. The number of hydrogen-bond acceptors (Lipinski definition) is 3. The third kappa shape index (κ3) is 4.30. The summed E-state index contributed by atoms with van der Waals surface area (Å²) in [4.78, 5) is 2.63. The molecule has 1 saturated heterocycles. The minimum atomic E-state index is 0.664. The predicted molar refractivity (Wildman–Crippen MR) is 91.5 cm³/mol. The molecule has 0 amide bonds. The summed E-state index contributed by atoms with van der Waals surface area (Å²) in [6.07, 6.45) is 6.19. The quantitative estimate of drug-likeness (QED) is 0.762. The standard InChI is InChI=1S/C16H29BrN4/c1-4-9-18-11-13-8-6-7-10-21(13)12-15-16(17)14(5-2)19-20(15)3/h13,18H,4-12H2,1-3H3. The van der Waals surface area contributed by atoms with Crippen LogP contribution in [0.5, 0.6) is 0 Å². The second-order valence-corrected chi connectivity index (χ2v) is 6.80. The Morgan fingerprint density at radius 2 is 2.14 bits per heavy atom. The number of hydrogen-bond donors (Lipinski definition) is 1. The molecule has 1 aliphatic heterocycles. The van der Waals surface area contributed by atoms with Gasteiger partial charge in [-0.1, -0.05) is 20.3 Å². The Morgan fingerprint density at radius 3 is 2.81 bits per heavy atom. The third-order valence-corrected chi connectivity index (χ3v) is 5.33. The Balaban J connectivity index is 2.03. The highest BCUT2D eigenvalue weighted by atomic mass is 79.9. The van der Waals surface area contributed by atoms with Crippen molar-refractivity contribution < 1.29 is 0 Å². The molecular weight excluding hydrogens is 328 g/mol. The molecule has 4 nitrogen and oxygen atoms in total. The number of halogens is 1. The Kier molecular flexibility index (Phi) is 6.71. The van der Waals surface area contributed by atoms with Crippen LogP contribution < -0.4 is 5.32 Å². The first-order valence-corrected chi connectivity index (χ1v) is 9.11. The number of likely N-dealkylation sites (tertiary alicyclic amines) is 1. The van der Waals surface area contributed by atoms with E-state index in [0.29, 0.717) is 6.04 Å². The van der Waals surface area contributed by atoms with Crippen LogP contribution in [0.2, 0.25) is 0 Å². The fourth-order valence-corrected chi connectivity index (χ4v) is 3.87. The maximum atomic E-state index is 4.62. The third-order valence-electron chi connectivity index (χ3n) is 4.41. The second kappa shape index (κ2) is 8.30. The van der Waals surface area contributed by atoms with Gasteiger partial charge in [-0.05, 0) is 54.7 Å². The van der Waals surface area contributed by atoms with Crippen molar-refractivity contribution >= 4 is 15.9 Å². The topological polar surface area (TPSA) is 33.1 Å². The highest BCUT2D eigenvalue weighted by Gasteiger charge is 2.24. The van der Waals surface area contributed by atoms with E-state index in [1.54, 1.807) is 0 Å². The maximum Gasteiger partial charge on any atom is 0.0767 e. The summed E-state index contributed by atoms with van der Waals surface area (Å²) in [5, 5.41) is 8.21. The lowest BCUT2D eigenvalue weighted by molar-refractivity contribution is 0.134. The van der Waals surface area contributed by atoms with Crippen molar-refractivity contribution in [2.45, 2.75) is 58.5 Å². The zero-order valence-corrected chi connectivity index (χ0v) is 15.2. The number of aryl methyl sites for hydroxylation is 2. The fourth-order valence-electron chi connectivity index (χ4n) is 3.13. The number of nitrogens with zero attached hydrogens (tertiary/aromatic N) is 3. The summed E-state index contributed by atoms with van der Waals surface area (Å²) in [5.41, 5.74) is 2.49. The molecule has 0 radical (unpaired) electrons. The first-order valence-electron chi connectivity index (χ1n) is 8.32. The van der Waals surface area contributed by atoms with Gasteiger partial charge in [-0.25, -0.2) is 0 Å². The first kappa shape index (κ1) is 17.0. The van der Waals surface area contributed by atoms with Crippen LogP contribution in [0.3, 0.4) is 0 Å². The largest absolute Gasteiger partial charge is 0.315 e. The minimum Gasteiger partial charge on any atom is -0.315 e. The molecule has 5 heteroatoms. The van der Waals surface area contributed by atoms with Gasteiger partial charge in [0.05, 0.1) is 15.9 Å². The molecule has 1 fully saturated rings. The SMILES string of the molecule is CCCNCC1CCCCN1Cc1c(Br)c(CC)nn1C. The lowest BCUT2D eigenvalue weighted by Gasteiger charge is -2.36. The highest BCUT2D eigenvalue weighted by molar-refractivity contribution is 9.10. The van der Waals surface area contributed by atoms with Crippen molar-refractivity contribution in [3.63, 3.8) is 0 Å². The van der Waals surface area contributed by atoms with Crippen molar-refractivity contribution in [3.05, 3.63) is 15.9 Å². The molecule has 0 spiro atoms. The molecule has 0 aliphatic carbocycles. The lowest BCUT2D eigenvalue weighted by atomic mass is 10.0. The van der Waals surface area contributed by atoms with E-state index in [0.717, 1.165) is 26.1 Å². The van der Waals surface area contributed by atoms with Crippen molar-refractivity contribution in [1.82, 2.24) is 20.0 Å². The van der Waals surface area contributed by atoms with Gasteiger partial charge in [0.25, 0.3) is 0 Å². The number of piperidine rings is 1. The number of nitrogens with one attached hydrogen (secondary N) is 1. The van der Waals surface area contributed by atoms with Crippen molar-refractivity contribution in [2.75, 3.05) is 19.6 Å². The van der Waals surface area contributed by atoms with Gasteiger partial charge in [-0.3, -0.25) is 9.58 Å². The second-order valence-electron chi connectivity index (χ2n) is 6.01. The molecule has 0 aromatic carbocycles. The van der Waals surface area contributed by atoms with Gasteiger partial charge >= 0.3 is 0 Å². The van der Waals surface area contributed by atoms with Crippen LogP contribution in [0.25, 0.3) is 0 Å². The van der Waals surface area contributed by atoms with Crippen LogP contribution in [0.4, 0.5) is 0 Å². The monoisotopic (exact) mass is 356 g/mol. The van der Waals surface area contributed by atoms with E-state index in [1.165, 1.54) is 48.1 Å². The summed E-state index contributed by atoms with van der Waals surface area (Å²) in [7, 11) is 2.06. The van der Waals surface area contributed by atoms with Crippen LogP contribution in [0.15, 0.2) is 4.47 Å². The molecule has 1 atom stereocenters. The van der Waals surface area contributed by atoms with E-state index in [9.17, 15) is 0 Å². The van der Waals surface area contributed by atoms with Crippen LogP contribution in [-0.2, 0) is 20.0 Å². The summed E-state index contributed by atoms with van der Waals surface area (Å²) < 4.78 is 3.26. The zero-order valence-electron chi connectivity index (χ0n) is 13.7. The van der Waals surface area contributed by atoms with Crippen LogP contribution in [0.1, 0.15) is 50.9 Å². The van der Waals surface area contributed by atoms with Crippen LogP contribution in [-0.4, -0.2) is 40.4 Å². The van der Waals surface area contributed by atoms with Crippen molar-refractivity contribution in [1.29, 1.82) is 0 Å². The van der Waals surface area contributed by atoms with E-state index in [2.05, 4.69) is 52.1 Å².